The maximum absolute atomic E-state index is 9.10. The van der Waals surface area contributed by atoms with Gasteiger partial charge in [0.05, 0.1) is 11.3 Å². The topological polar surface area (TPSA) is 27.0 Å². The highest BCUT2D eigenvalue weighted by Gasteiger charge is 2.11. The molecule has 1 rings (SSSR count). The summed E-state index contributed by atoms with van der Waals surface area (Å²) < 4.78 is 1.02. The molecule has 0 aliphatic heterocycles. The minimum Gasteiger partial charge on any atom is -0.370 e. The lowest BCUT2D eigenvalue weighted by Gasteiger charge is -2.26. The van der Waals surface area contributed by atoms with Gasteiger partial charge < -0.3 is 4.90 Å². The average Bonchev–Trinajstić information content (AvgIpc) is 2.25. The first-order valence-corrected chi connectivity index (χ1v) is 6.32. The fraction of sp³-hybridized carbons (Fsp3) is 0.462. The molecule has 2 nitrogen and oxygen atoms in total. The van der Waals surface area contributed by atoms with Crippen molar-refractivity contribution >= 4 is 21.6 Å². The molecule has 16 heavy (non-hydrogen) atoms. The summed E-state index contributed by atoms with van der Waals surface area (Å²) in [7, 11) is 0. The van der Waals surface area contributed by atoms with E-state index in [4.69, 9.17) is 5.26 Å². The van der Waals surface area contributed by atoms with Gasteiger partial charge in [-0.1, -0.05) is 29.8 Å². The van der Waals surface area contributed by atoms with Crippen LogP contribution in [0.5, 0.6) is 0 Å². The number of nitrogens with zero attached hydrogens (tertiary/aromatic N) is 2. The third-order valence-corrected chi connectivity index (χ3v) is 2.88. The van der Waals surface area contributed by atoms with Crippen molar-refractivity contribution in [2.45, 2.75) is 20.8 Å². The van der Waals surface area contributed by atoms with E-state index in [1.165, 1.54) is 0 Å². The second kappa shape index (κ2) is 5.91. The molecule has 0 radical (unpaired) electrons. The number of nitriles is 1. The lowest BCUT2D eigenvalue weighted by atomic mass is 10.1. The van der Waals surface area contributed by atoms with Crippen molar-refractivity contribution in [3.05, 3.63) is 28.2 Å². The van der Waals surface area contributed by atoms with Crippen LogP contribution in [0.1, 0.15) is 26.3 Å². The third kappa shape index (κ3) is 3.24. The summed E-state index contributed by atoms with van der Waals surface area (Å²) in [6, 6.07) is 8.04. The number of rotatable bonds is 4. The minimum atomic E-state index is 0.588. The van der Waals surface area contributed by atoms with Crippen molar-refractivity contribution in [2.75, 3.05) is 18.0 Å². The predicted molar refractivity (Wildman–Crippen MR) is 71.6 cm³/mol. The van der Waals surface area contributed by atoms with Crippen molar-refractivity contribution in [1.82, 2.24) is 0 Å². The van der Waals surface area contributed by atoms with E-state index in [0.717, 1.165) is 28.8 Å². The Kier molecular flexibility index (Phi) is 4.82. The summed E-state index contributed by atoms with van der Waals surface area (Å²) in [5.41, 5.74) is 1.76. The van der Waals surface area contributed by atoms with E-state index in [0.29, 0.717) is 5.92 Å². The monoisotopic (exact) mass is 280 g/mol. The molecule has 0 heterocycles. The molecule has 0 fully saturated rings. The molecule has 1 aromatic rings. The van der Waals surface area contributed by atoms with Gasteiger partial charge in [0, 0.05) is 17.6 Å². The van der Waals surface area contributed by atoms with Crippen molar-refractivity contribution < 1.29 is 0 Å². The van der Waals surface area contributed by atoms with Crippen LogP contribution in [0, 0.1) is 17.2 Å². The fourth-order valence-electron chi connectivity index (χ4n) is 1.70. The van der Waals surface area contributed by atoms with Crippen LogP contribution >= 0.6 is 15.9 Å². The first-order chi connectivity index (χ1) is 7.58. The highest BCUT2D eigenvalue weighted by Crippen LogP contribution is 2.25. The summed E-state index contributed by atoms with van der Waals surface area (Å²) in [5.74, 6) is 0.588. The molecule has 0 atom stereocenters. The molecule has 0 aliphatic rings. The van der Waals surface area contributed by atoms with E-state index in [1.807, 2.05) is 18.2 Å². The van der Waals surface area contributed by atoms with Crippen LogP contribution in [0.3, 0.4) is 0 Å². The van der Waals surface area contributed by atoms with Crippen molar-refractivity contribution in [3.63, 3.8) is 0 Å². The van der Waals surface area contributed by atoms with Crippen molar-refractivity contribution in [1.29, 1.82) is 5.26 Å². The number of halogens is 1. The van der Waals surface area contributed by atoms with Gasteiger partial charge in [-0.2, -0.15) is 5.26 Å². The highest BCUT2D eigenvalue weighted by atomic mass is 79.9. The molecule has 1 aromatic carbocycles. The summed E-state index contributed by atoms with van der Waals surface area (Å²) in [6.07, 6.45) is 0. The molecular weight excluding hydrogens is 264 g/mol. The Hall–Kier alpha value is -1.01. The van der Waals surface area contributed by atoms with Gasteiger partial charge in [-0.3, -0.25) is 0 Å². The van der Waals surface area contributed by atoms with Crippen LogP contribution < -0.4 is 4.90 Å². The Bertz CT molecular complexity index is 393. The Morgan fingerprint density at radius 1 is 1.44 bits per heavy atom. The Balaban J connectivity index is 3.08. The second-order valence-corrected chi connectivity index (χ2v) is 5.12. The lowest BCUT2D eigenvalue weighted by Crippen LogP contribution is -2.27. The molecule has 0 aromatic heterocycles. The minimum absolute atomic E-state index is 0.588. The maximum atomic E-state index is 9.10. The fourth-order valence-corrected chi connectivity index (χ4v) is 2.05. The predicted octanol–water partition coefficient (Wildman–Crippen LogP) is 3.80. The van der Waals surface area contributed by atoms with Gasteiger partial charge in [0.1, 0.15) is 6.07 Å². The van der Waals surface area contributed by atoms with Crippen LogP contribution in [-0.2, 0) is 0 Å². The quantitative estimate of drug-likeness (QED) is 0.839. The SMILES string of the molecule is CCN(CC(C)C)c1cc(Br)ccc1C#N. The molecule has 0 N–H and O–H groups in total. The zero-order valence-electron chi connectivity index (χ0n) is 10.00. The van der Waals surface area contributed by atoms with E-state index < -0.39 is 0 Å². The van der Waals surface area contributed by atoms with E-state index in [1.54, 1.807) is 0 Å². The largest absolute Gasteiger partial charge is 0.370 e. The zero-order valence-corrected chi connectivity index (χ0v) is 11.6. The van der Waals surface area contributed by atoms with Crippen LogP contribution in [0.2, 0.25) is 0 Å². The molecular formula is C13H17BrN2. The first kappa shape index (κ1) is 13.1. The smallest absolute Gasteiger partial charge is 0.101 e. The van der Waals surface area contributed by atoms with Crippen molar-refractivity contribution in [3.8, 4) is 6.07 Å². The van der Waals surface area contributed by atoms with Gasteiger partial charge >= 0.3 is 0 Å². The van der Waals surface area contributed by atoms with E-state index in [9.17, 15) is 0 Å². The van der Waals surface area contributed by atoms with Gasteiger partial charge in [0.25, 0.3) is 0 Å². The number of benzene rings is 1. The summed E-state index contributed by atoms with van der Waals surface area (Å²) in [5, 5.41) is 9.10. The lowest BCUT2D eigenvalue weighted by molar-refractivity contribution is 0.618. The van der Waals surface area contributed by atoms with Crippen LogP contribution in [0.4, 0.5) is 5.69 Å². The number of hydrogen-bond acceptors (Lipinski definition) is 2. The highest BCUT2D eigenvalue weighted by molar-refractivity contribution is 9.10. The van der Waals surface area contributed by atoms with E-state index >= 15 is 0 Å². The van der Waals surface area contributed by atoms with Gasteiger partial charge in [0.2, 0.25) is 0 Å². The summed E-state index contributed by atoms with van der Waals surface area (Å²) in [4.78, 5) is 2.24. The van der Waals surface area contributed by atoms with Gasteiger partial charge in [0.15, 0.2) is 0 Å². The Morgan fingerprint density at radius 2 is 2.12 bits per heavy atom. The molecule has 0 bridgehead atoms. The summed E-state index contributed by atoms with van der Waals surface area (Å²) in [6.45, 7) is 8.38. The standard InChI is InChI=1S/C13H17BrN2/c1-4-16(9-10(2)3)13-7-12(14)6-5-11(13)8-15/h5-7,10H,4,9H2,1-3H3. The normalized spacial score (nSPS) is 10.2. The molecule has 3 heteroatoms. The molecule has 0 unspecified atom stereocenters. The van der Waals surface area contributed by atoms with Gasteiger partial charge in [-0.25, -0.2) is 0 Å². The third-order valence-electron chi connectivity index (χ3n) is 2.39. The maximum Gasteiger partial charge on any atom is 0.101 e. The van der Waals surface area contributed by atoms with E-state index in [2.05, 4.69) is 47.7 Å². The first-order valence-electron chi connectivity index (χ1n) is 5.53. The molecule has 0 amide bonds. The molecule has 86 valence electrons. The molecule has 0 saturated carbocycles. The molecule has 0 spiro atoms. The Morgan fingerprint density at radius 3 is 2.62 bits per heavy atom. The number of anilines is 1. The van der Waals surface area contributed by atoms with Crippen LogP contribution in [-0.4, -0.2) is 13.1 Å². The Labute approximate surface area is 106 Å². The van der Waals surface area contributed by atoms with Crippen LogP contribution in [0.25, 0.3) is 0 Å². The second-order valence-electron chi connectivity index (χ2n) is 4.21. The number of hydrogen-bond donors (Lipinski definition) is 0. The zero-order chi connectivity index (χ0) is 12.1. The molecule has 0 aliphatic carbocycles. The van der Waals surface area contributed by atoms with Gasteiger partial charge in [-0.15, -0.1) is 0 Å². The van der Waals surface area contributed by atoms with Crippen molar-refractivity contribution in [2.24, 2.45) is 5.92 Å². The average molecular weight is 281 g/mol. The van der Waals surface area contributed by atoms with Crippen LogP contribution in [0.15, 0.2) is 22.7 Å². The summed E-state index contributed by atoms with van der Waals surface area (Å²) >= 11 is 3.45. The van der Waals surface area contributed by atoms with E-state index in [-0.39, 0.29) is 0 Å². The molecule has 0 saturated heterocycles. The van der Waals surface area contributed by atoms with Gasteiger partial charge in [-0.05, 0) is 31.0 Å².